The van der Waals surface area contributed by atoms with Crippen LogP contribution in [0, 0.1) is 0 Å². The number of hydrogen-bond acceptors (Lipinski definition) is 6. The molecule has 0 saturated heterocycles. The summed E-state index contributed by atoms with van der Waals surface area (Å²) in [5, 5.41) is 4.41. The van der Waals surface area contributed by atoms with Crippen LogP contribution in [-0.4, -0.2) is 53.2 Å². The predicted octanol–water partition coefficient (Wildman–Crippen LogP) is 4.44. The van der Waals surface area contributed by atoms with Gasteiger partial charge in [-0.1, -0.05) is 17.7 Å². The summed E-state index contributed by atoms with van der Waals surface area (Å²) >= 11 is 7.53. The lowest BCUT2D eigenvalue weighted by Gasteiger charge is -2.17. The van der Waals surface area contributed by atoms with E-state index in [9.17, 15) is 4.79 Å². The number of ether oxygens (including phenoxy) is 2. The number of methoxy groups -OCH3 is 2. The fourth-order valence-corrected chi connectivity index (χ4v) is 4.37. The second-order valence-electron chi connectivity index (χ2n) is 6.89. The average molecular weight is 457 g/mol. The Morgan fingerprint density at radius 2 is 1.97 bits per heavy atom. The van der Waals surface area contributed by atoms with Crippen LogP contribution in [0.15, 0.2) is 48.8 Å². The van der Waals surface area contributed by atoms with E-state index in [1.54, 1.807) is 43.1 Å². The molecule has 0 bridgehead atoms. The first kappa shape index (κ1) is 21.1. The van der Waals surface area contributed by atoms with Crippen LogP contribution in [0.5, 0.6) is 11.5 Å². The van der Waals surface area contributed by atoms with Crippen LogP contribution >= 0.6 is 22.9 Å². The molecule has 4 aromatic rings. The Kier molecular flexibility index (Phi) is 6.11. The molecule has 0 fully saturated rings. The third-order valence-electron chi connectivity index (χ3n) is 4.99. The standard InChI is InChI=1S/C22H21ClN4O3S/c1-26(11-9-14-4-5-17(29-2)18(12-14)30-3)22(28)15-13-25-27-16(8-10-24-21(15)27)19-6-7-20(23)31-19/h4-8,10,12-13H,9,11H2,1-3H3. The smallest absolute Gasteiger partial charge is 0.259 e. The maximum absolute atomic E-state index is 13.1. The van der Waals surface area contributed by atoms with Crippen molar-refractivity contribution in [3.8, 4) is 22.1 Å². The van der Waals surface area contributed by atoms with E-state index in [0.29, 0.717) is 40.0 Å². The molecule has 1 aromatic carbocycles. The van der Waals surface area contributed by atoms with Crippen molar-refractivity contribution in [2.75, 3.05) is 27.8 Å². The maximum Gasteiger partial charge on any atom is 0.259 e. The summed E-state index contributed by atoms with van der Waals surface area (Å²) in [5.41, 5.74) is 2.87. The van der Waals surface area contributed by atoms with Gasteiger partial charge in [0.1, 0.15) is 5.56 Å². The minimum absolute atomic E-state index is 0.135. The minimum Gasteiger partial charge on any atom is -0.493 e. The van der Waals surface area contributed by atoms with Crippen molar-refractivity contribution >= 4 is 34.5 Å². The molecule has 31 heavy (non-hydrogen) atoms. The van der Waals surface area contributed by atoms with Crippen molar-refractivity contribution in [1.82, 2.24) is 19.5 Å². The highest BCUT2D eigenvalue weighted by molar-refractivity contribution is 7.19. The van der Waals surface area contributed by atoms with Crippen LogP contribution in [0.4, 0.5) is 0 Å². The van der Waals surface area contributed by atoms with Crippen LogP contribution in [0.25, 0.3) is 16.2 Å². The zero-order valence-corrected chi connectivity index (χ0v) is 18.9. The number of thiophene rings is 1. The Labute approximate surface area is 188 Å². The van der Waals surface area contributed by atoms with Gasteiger partial charge in [-0.05, 0) is 42.3 Å². The van der Waals surface area contributed by atoms with Crippen LogP contribution in [0.1, 0.15) is 15.9 Å². The van der Waals surface area contributed by atoms with Gasteiger partial charge in [-0.25, -0.2) is 9.50 Å². The fourth-order valence-electron chi connectivity index (χ4n) is 3.32. The Morgan fingerprint density at radius 3 is 2.68 bits per heavy atom. The maximum atomic E-state index is 13.1. The molecule has 0 atom stereocenters. The van der Waals surface area contributed by atoms with Gasteiger partial charge in [0.25, 0.3) is 5.91 Å². The van der Waals surface area contributed by atoms with E-state index < -0.39 is 0 Å². The van der Waals surface area contributed by atoms with Crippen LogP contribution in [0.2, 0.25) is 4.34 Å². The van der Waals surface area contributed by atoms with E-state index in [-0.39, 0.29) is 5.91 Å². The summed E-state index contributed by atoms with van der Waals surface area (Å²) in [6, 6.07) is 11.4. The molecule has 0 aliphatic carbocycles. The number of aromatic nitrogens is 3. The minimum atomic E-state index is -0.135. The zero-order valence-electron chi connectivity index (χ0n) is 17.3. The zero-order chi connectivity index (χ0) is 22.0. The molecule has 3 aromatic heterocycles. The molecule has 4 rings (SSSR count). The molecule has 0 aliphatic rings. The summed E-state index contributed by atoms with van der Waals surface area (Å²) in [4.78, 5) is 20.1. The third kappa shape index (κ3) is 4.22. The van der Waals surface area contributed by atoms with Gasteiger partial charge in [0.2, 0.25) is 0 Å². The topological polar surface area (TPSA) is 69.0 Å². The SMILES string of the molecule is COc1ccc(CCN(C)C(=O)c2cnn3c(-c4ccc(Cl)s4)ccnc23)cc1OC. The fraction of sp³-hybridized carbons (Fsp3) is 0.227. The summed E-state index contributed by atoms with van der Waals surface area (Å²) in [5.74, 6) is 1.21. The molecule has 7 nitrogen and oxygen atoms in total. The molecule has 3 heterocycles. The number of likely N-dealkylation sites (N-methyl/N-ethyl adjacent to an activating group) is 1. The van der Waals surface area contributed by atoms with Crippen molar-refractivity contribution in [3.63, 3.8) is 0 Å². The van der Waals surface area contributed by atoms with Crippen molar-refractivity contribution in [2.24, 2.45) is 0 Å². The predicted molar refractivity (Wildman–Crippen MR) is 122 cm³/mol. The summed E-state index contributed by atoms with van der Waals surface area (Å²) < 4.78 is 13.0. The number of amides is 1. The number of nitrogens with zero attached hydrogens (tertiary/aromatic N) is 4. The van der Waals surface area contributed by atoms with Crippen LogP contribution in [-0.2, 0) is 6.42 Å². The number of rotatable bonds is 7. The number of carbonyl (C=O) groups excluding carboxylic acids is 1. The number of fused-ring (bicyclic) bond motifs is 1. The molecule has 0 spiro atoms. The first-order valence-electron chi connectivity index (χ1n) is 9.56. The second-order valence-corrected chi connectivity index (χ2v) is 8.61. The van der Waals surface area contributed by atoms with Crippen molar-refractivity contribution in [1.29, 1.82) is 0 Å². The average Bonchev–Trinajstić information content (AvgIpc) is 3.42. The molecular weight excluding hydrogens is 436 g/mol. The third-order valence-corrected chi connectivity index (χ3v) is 6.24. The van der Waals surface area contributed by atoms with Gasteiger partial charge in [0.15, 0.2) is 17.1 Å². The quantitative estimate of drug-likeness (QED) is 0.411. The van der Waals surface area contributed by atoms with Crippen LogP contribution < -0.4 is 9.47 Å². The summed E-state index contributed by atoms with van der Waals surface area (Å²) in [7, 11) is 4.98. The molecule has 160 valence electrons. The van der Waals surface area contributed by atoms with Gasteiger partial charge in [0, 0.05) is 19.8 Å². The normalized spacial score (nSPS) is 11.0. The van der Waals surface area contributed by atoms with E-state index in [0.717, 1.165) is 16.1 Å². The van der Waals surface area contributed by atoms with Gasteiger partial charge in [0.05, 0.1) is 35.3 Å². The summed E-state index contributed by atoms with van der Waals surface area (Å²) in [6.45, 7) is 0.534. The number of hydrogen-bond donors (Lipinski definition) is 0. The molecule has 0 unspecified atom stereocenters. The molecule has 1 amide bonds. The van der Waals surface area contributed by atoms with E-state index in [1.807, 2.05) is 36.4 Å². The van der Waals surface area contributed by atoms with E-state index in [4.69, 9.17) is 21.1 Å². The largest absolute Gasteiger partial charge is 0.493 e. The first-order valence-corrected chi connectivity index (χ1v) is 10.8. The Morgan fingerprint density at radius 1 is 1.16 bits per heavy atom. The highest BCUT2D eigenvalue weighted by Crippen LogP contribution is 2.31. The molecular formula is C22H21ClN4O3S. The Balaban J connectivity index is 1.53. The van der Waals surface area contributed by atoms with Crippen molar-refractivity contribution < 1.29 is 14.3 Å². The van der Waals surface area contributed by atoms with E-state index >= 15 is 0 Å². The lowest BCUT2D eigenvalue weighted by molar-refractivity contribution is 0.0798. The Bertz CT molecular complexity index is 1240. The van der Waals surface area contributed by atoms with Gasteiger partial charge < -0.3 is 14.4 Å². The highest BCUT2D eigenvalue weighted by atomic mass is 35.5. The number of benzene rings is 1. The lowest BCUT2D eigenvalue weighted by atomic mass is 10.1. The molecule has 0 saturated carbocycles. The highest BCUT2D eigenvalue weighted by Gasteiger charge is 2.20. The van der Waals surface area contributed by atoms with E-state index in [2.05, 4.69) is 10.1 Å². The summed E-state index contributed by atoms with van der Waals surface area (Å²) in [6.07, 6.45) is 3.92. The van der Waals surface area contributed by atoms with Gasteiger partial charge in [-0.15, -0.1) is 11.3 Å². The monoisotopic (exact) mass is 456 g/mol. The number of carbonyl (C=O) groups is 1. The second kappa shape index (κ2) is 8.95. The van der Waals surface area contributed by atoms with Gasteiger partial charge in [-0.2, -0.15) is 5.10 Å². The van der Waals surface area contributed by atoms with Crippen molar-refractivity contribution in [3.05, 3.63) is 64.3 Å². The molecule has 0 radical (unpaired) electrons. The Hall–Kier alpha value is -3.10. The van der Waals surface area contributed by atoms with Crippen molar-refractivity contribution in [2.45, 2.75) is 6.42 Å². The molecule has 0 aliphatic heterocycles. The molecule has 0 N–H and O–H groups in total. The first-order chi connectivity index (χ1) is 15.0. The van der Waals surface area contributed by atoms with Crippen LogP contribution in [0.3, 0.4) is 0 Å². The molecule has 9 heteroatoms. The lowest BCUT2D eigenvalue weighted by Crippen LogP contribution is -2.28. The van der Waals surface area contributed by atoms with E-state index in [1.165, 1.54) is 11.3 Å². The number of halogens is 1. The van der Waals surface area contributed by atoms with Gasteiger partial charge in [-0.3, -0.25) is 4.79 Å². The van der Waals surface area contributed by atoms with Gasteiger partial charge >= 0.3 is 0 Å².